The summed E-state index contributed by atoms with van der Waals surface area (Å²) >= 11 is 0. The third-order valence-electron chi connectivity index (χ3n) is 1.49. The molecule has 0 amide bonds. The number of anilines is 1. The Bertz CT molecular complexity index is 465. The standard InChI is InChI=1S/C8H4F3N3O2/c9-8(10,11)16-7-1-4(13)6(3-15)14-5(7)2-12/h1,3H,13H2. The van der Waals surface area contributed by atoms with E-state index in [1.54, 1.807) is 0 Å². The molecule has 8 heteroatoms. The molecule has 0 aromatic carbocycles. The Morgan fingerprint density at radius 1 is 1.56 bits per heavy atom. The first kappa shape index (κ1) is 11.8. The second-order valence-corrected chi connectivity index (χ2v) is 2.59. The number of nitrogens with two attached hydrogens (primary N) is 1. The van der Waals surface area contributed by atoms with Crippen LogP contribution in [0.5, 0.6) is 5.75 Å². The Labute approximate surface area is 87.3 Å². The van der Waals surface area contributed by atoms with Crippen LogP contribution in [0.4, 0.5) is 18.9 Å². The van der Waals surface area contributed by atoms with E-state index in [9.17, 15) is 18.0 Å². The fourth-order valence-corrected chi connectivity index (χ4v) is 0.901. The van der Waals surface area contributed by atoms with Gasteiger partial charge in [0.1, 0.15) is 11.8 Å². The molecule has 0 atom stereocenters. The van der Waals surface area contributed by atoms with E-state index in [0.29, 0.717) is 0 Å². The van der Waals surface area contributed by atoms with Crippen LogP contribution < -0.4 is 10.5 Å². The predicted octanol–water partition coefficient (Wildman–Crippen LogP) is 1.25. The fraction of sp³-hybridized carbons (Fsp3) is 0.125. The van der Waals surface area contributed by atoms with Gasteiger partial charge in [-0.3, -0.25) is 4.79 Å². The molecule has 16 heavy (non-hydrogen) atoms. The minimum absolute atomic E-state index is 0.230. The average Bonchev–Trinajstić information content (AvgIpc) is 2.16. The van der Waals surface area contributed by atoms with Gasteiger partial charge in [0.25, 0.3) is 0 Å². The summed E-state index contributed by atoms with van der Waals surface area (Å²) in [4.78, 5) is 13.7. The first-order valence-corrected chi connectivity index (χ1v) is 3.79. The molecule has 0 saturated heterocycles. The SMILES string of the molecule is N#Cc1nc(C=O)c(N)cc1OC(F)(F)F. The molecule has 0 unspecified atom stereocenters. The first-order valence-electron chi connectivity index (χ1n) is 3.79. The number of hydrogen-bond acceptors (Lipinski definition) is 5. The zero-order chi connectivity index (χ0) is 12.3. The molecule has 5 nitrogen and oxygen atoms in total. The lowest BCUT2D eigenvalue weighted by atomic mass is 10.2. The number of nitriles is 1. The van der Waals surface area contributed by atoms with E-state index in [2.05, 4.69) is 9.72 Å². The van der Waals surface area contributed by atoms with Crippen LogP contribution in [0.25, 0.3) is 0 Å². The summed E-state index contributed by atoms with van der Waals surface area (Å²) < 4.78 is 39.2. The molecule has 1 aromatic heterocycles. The van der Waals surface area contributed by atoms with Crippen molar-refractivity contribution in [2.75, 3.05) is 5.73 Å². The topological polar surface area (TPSA) is 89.0 Å². The van der Waals surface area contributed by atoms with Crippen LogP contribution >= 0.6 is 0 Å². The lowest BCUT2D eigenvalue weighted by Crippen LogP contribution is -2.18. The lowest BCUT2D eigenvalue weighted by molar-refractivity contribution is -0.274. The smallest absolute Gasteiger partial charge is 0.403 e. The quantitative estimate of drug-likeness (QED) is 0.773. The van der Waals surface area contributed by atoms with Crippen molar-refractivity contribution in [3.05, 3.63) is 17.5 Å². The van der Waals surface area contributed by atoms with Crippen molar-refractivity contribution >= 4 is 12.0 Å². The van der Waals surface area contributed by atoms with Crippen LogP contribution in [0, 0.1) is 11.3 Å². The number of alkyl halides is 3. The molecular weight excluding hydrogens is 227 g/mol. The Balaban J connectivity index is 3.25. The van der Waals surface area contributed by atoms with Crippen molar-refractivity contribution in [1.29, 1.82) is 5.26 Å². The van der Waals surface area contributed by atoms with Crippen LogP contribution in [0.3, 0.4) is 0 Å². The second kappa shape index (κ2) is 4.06. The van der Waals surface area contributed by atoms with Crippen molar-refractivity contribution in [3.8, 4) is 11.8 Å². The van der Waals surface area contributed by atoms with Gasteiger partial charge in [0, 0.05) is 6.07 Å². The average molecular weight is 231 g/mol. The van der Waals surface area contributed by atoms with E-state index in [-0.39, 0.29) is 17.7 Å². The largest absolute Gasteiger partial charge is 0.573 e. The highest BCUT2D eigenvalue weighted by molar-refractivity contribution is 5.81. The minimum Gasteiger partial charge on any atom is -0.403 e. The van der Waals surface area contributed by atoms with Gasteiger partial charge in [-0.15, -0.1) is 13.2 Å². The normalized spacial score (nSPS) is 10.6. The van der Waals surface area contributed by atoms with Crippen molar-refractivity contribution in [3.63, 3.8) is 0 Å². The predicted molar refractivity (Wildman–Crippen MR) is 45.4 cm³/mol. The second-order valence-electron chi connectivity index (χ2n) is 2.59. The molecule has 84 valence electrons. The number of carbonyl (C=O) groups excluding carboxylic acids is 1. The highest BCUT2D eigenvalue weighted by Crippen LogP contribution is 2.27. The van der Waals surface area contributed by atoms with Crippen LogP contribution in [0.15, 0.2) is 6.07 Å². The monoisotopic (exact) mass is 231 g/mol. The van der Waals surface area contributed by atoms with Crippen LogP contribution in [0.1, 0.15) is 16.2 Å². The zero-order valence-corrected chi connectivity index (χ0v) is 7.58. The molecule has 0 bridgehead atoms. The molecule has 0 aliphatic carbocycles. The zero-order valence-electron chi connectivity index (χ0n) is 7.58. The van der Waals surface area contributed by atoms with E-state index >= 15 is 0 Å². The van der Waals surface area contributed by atoms with Gasteiger partial charge in [0.15, 0.2) is 17.7 Å². The van der Waals surface area contributed by atoms with Gasteiger partial charge in [0.05, 0.1) is 5.69 Å². The van der Waals surface area contributed by atoms with E-state index in [0.717, 1.165) is 6.07 Å². The summed E-state index contributed by atoms with van der Waals surface area (Å²) in [5, 5.41) is 8.51. The summed E-state index contributed by atoms with van der Waals surface area (Å²) in [6.07, 6.45) is -4.73. The minimum atomic E-state index is -4.96. The molecule has 1 aromatic rings. The highest BCUT2D eigenvalue weighted by atomic mass is 19.4. The summed E-state index contributed by atoms with van der Waals surface area (Å²) in [6, 6.07) is 2.09. The number of ether oxygens (including phenoxy) is 1. The Hall–Kier alpha value is -2.30. The molecule has 0 saturated carbocycles. The summed E-state index contributed by atoms with van der Waals surface area (Å²) in [6.45, 7) is 0. The number of aromatic nitrogens is 1. The molecule has 0 fully saturated rings. The maximum Gasteiger partial charge on any atom is 0.573 e. The van der Waals surface area contributed by atoms with Gasteiger partial charge in [-0.1, -0.05) is 0 Å². The fourth-order valence-electron chi connectivity index (χ4n) is 0.901. The molecule has 0 aliphatic heterocycles. The number of rotatable bonds is 2. The third-order valence-corrected chi connectivity index (χ3v) is 1.49. The molecular formula is C8H4F3N3O2. The Kier molecular flexibility index (Phi) is 2.99. The van der Waals surface area contributed by atoms with Crippen LogP contribution in [0.2, 0.25) is 0 Å². The molecule has 1 rings (SSSR count). The lowest BCUT2D eigenvalue weighted by Gasteiger charge is -2.10. The van der Waals surface area contributed by atoms with Gasteiger partial charge in [0.2, 0.25) is 0 Å². The summed E-state index contributed by atoms with van der Waals surface area (Å²) in [5.41, 5.74) is 3.95. The van der Waals surface area contributed by atoms with Crippen molar-refractivity contribution < 1.29 is 22.7 Å². The maximum atomic E-state index is 11.9. The van der Waals surface area contributed by atoms with E-state index in [4.69, 9.17) is 11.0 Å². The summed E-state index contributed by atoms with van der Waals surface area (Å²) in [7, 11) is 0. The molecule has 0 spiro atoms. The number of carbonyl (C=O) groups is 1. The van der Waals surface area contributed by atoms with Gasteiger partial charge >= 0.3 is 6.36 Å². The first-order chi connectivity index (χ1) is 7.37. The third kappa shape index (κ3) is 2.60. The van der Waals surface area contributed by atoms with E-state index in [1.807, 2.05) is 0 Å². The summed E-state index contributed by atoms with van der Waals surface area (Å²) in [5.74, 6) is -0.835. The number of pyridine rings is 1. The van der Waals surface area contributed by atoms with Crippen molar-refractivity contribution in [2.45, 2.75) is 6.36 Å². The molecule has 1 heterocycles. The molecule has 2 N–H and O–H groups in total. The number of halogens is 3. The number of aldehydes is 1. The van der Waals surface area contributed by atoms with E-state index in [1.165, 1.54) is 6.07 Å². The Morgan fingerprint density at radius 3 is 2.62 bits per heavy atom. The van der Waals surface area contributed by atoms with E-state index < -0.39 is 17.8 Å². The van der Waals surface area contributed by atoms with Crippen LogP contribution in [-0.4, -0.2) is 17.6 Å². The van der Waals surface area contributed by atoms with Gasteiger partial charge in [-0.25, -0.2) is 4.98 Å². The maximum absolute atomic E-state index is 11.9. The van der Waals surface area contributed by atoms with Gasteiger partial charge in [-0.05, 0) is 0 Å². The Morgan fingerprint density at radius 2 is 2.19 bits per heavy atom. The molecule has 0 aliphatic rings. The van der Waals surface area contributed by atoms with Gasteiger partial charge < -0.3 is 10.5 Å². The van der Waals surface area contributed by atoms with Crippen molar-refractivity contribution in [2.24, 2.45) is 0 Å². The number of hydrogen-bond donors (Lipinski definition) is 1. The van der Waals surface area contributed by atoms with Crippen molar-refractivity contribution in [1.82, 2.24) is 4.98 Å². The molecule has 0 radical (unpaired) electrons. The number of nitrogen functional groups attached to an aromatic ring is 1. The van der Waals surface area contributed by atoms with Gasteiger partial charge in [-0.2, -0.15) is 5.26 Å². The number of nitrogens with zero attached hydrogens (tertiary/aromatic N) is 2. The highest BCUT2D eigenvalue weighted by Gasteiger charge is 2.33. The van der Waals surface area contributed by atoms with Crippen LogP contribution in [-0.2, 0) is 0 Å².